The van der Waals surface area contributed by atoms with Crippen molar-refractivity contribution in [2.24, 2.45) is 4.99 Å². The van der Waals surface area contributed by atoms with Crippen LogP contribution < -0.4 is 0 Å². The summed E-state index contributed by atoms with van der Waals surface area (Å²) < 4.78 is 7.38. The zero-order chi connectivity index (χ0) is 19.3. The topological polar surface area (TPSA) is 94.4 Å². The number of aromatic nitrogens is 6. The fourth-order valence-corrected chi connectivity index (χ4v) is 3.21. The minimum absolute atomic E-state index is 0.329. The van der Waals surface area contributed by atoms with E-state index in [0.29, 0.717) is 22.6 Å². The first-order valence-electron chi connectivity index (χ1n) is 8.38. The van der Waals surface area contributed by atoms with Crippen LogP contribution in [0.4, 0.5) is 0 Å². The largest absolute Gasteiger partial charge is 0.409 e. The van der Waals surface area contributed by atoms with Gasteiger partial charge in [0.1, 0.15) is 17.1 Å². The van der Waals surface area contributed by atoms with Crippen LogP contribution in [-0.2, 0) is 0 Å². The number of fused-ring (bicyclic) bond motifs is 1. The highest BCUT2D eigenvalue weighted by Crippen LogP contribution is 2.30. The maximum absolute atomic E-state index is 5.75. The van der Waals surface area contributed by atoms with Crippen LogP contribution in [0.2, 0.25) is 0 Å². The molecule has 0 fully saturated rings. The standard InChI is InChI=1S/C19H15N7OS/c1-3-10-20-14(4-2)17-24-25-19(27-17)28-16-11-15(13-8-6-5-7-9-13)23-18-21-12-22-26(16)18/h3-12H,1H2,2H3/b14-4-,20-10?. The Bertz CT molecular complexity index is 1180. The zero-order valence-corrected chi connectivity index (χ0v) is 15.7. The Balaban J connectivity index is 1.70. The lowest BCUT2D eigenvalue weighted by molar-refractivity contribution is 0.442. The maximum atomic E-state index is 5.75. The molecule has 4 rings (SSSR count). The lowest BCUT2D eigenvalue weighted by atomic mass is 10.1. The van der Waals surface area contributed by atoms with Gasteiger partial charge in [0.2, 0.25) is 0 Å². The van der Waals surface area contributed by atoms with Crippen LogP contribution in [0.1, 0.15) is 12.8 Å². The summed E-state index contributed by atoms with van der Waals surface area (Å²) in [4.78, 5) is 13.0. The predicted octanol–water partition coefficient (Wildman–Crippen LogP) is 3.94. The number of allylic oxidation sites excluding steroid dienone is 2. The molecule has 0 aliphatic heterocycles. The van der Waals surface area contributed by atoms with E-state index in [0.717, 1.165) is 16.3 Å². The molecule has 9 heteroatoms. The second-order valence-electron chi connectivity index (χ2n) is 5.48. The van der Waals surface area contributed by atoms with Crippen molar-refractivity contribution in [3.8, 4) is 11.3 Å². The van der Waals surface area contributed by atoms with E-state index in [2.05, 4.69) is 36.8 Å². The highest BCUT2D eigenvalue weighted by Gasteiger charge is 2.15. The van der Waals surface area contributed by atoms with E-state index in [1.807, 2.05) is 43.3 Å². The van der Waals surface area contributed by atoms with Crippen LogP contribution in [-0.4, -0.2) is 36.0 Å². The van der Waals surface area contributed by atoms with E-state index in [1.54, 1.807) is 22.9 Å². The van der Waals surface area contributed by atoms with E-state index in [4.69, 9.17) is 4.42 Å². The van der Waals surface area contributed by atoms with Crippen molar-refractivity contribution in [3.63, 3.8) is 0 Å². The summed E-state index contributed by atoms with van der Waals surface area (Å²) in [6, 6.07) is 11.8. The quantitative estimate of drug-likeness (QED) is 0.364. The minimum atomic E-state index is 0.329. The average molecular weight is 389 g/mol. The molecule has 0 radical (unpaired) electrons. The third-order valence-electron chi connectivity index (χ3n) is 3.70. The highest BCUT2D eigenvalue weighted by molar-refractivity contribution is 7.99. The van der Waals surface area contributed by atoms with Gasteiger partial charge in [-0.1, -0.05) is 49.1 Å². The van der Waals surface area contributed by atoms with Gasteiger partial charge in [0.25, 0.3) is 16.9 Å². The fraction of sp³-hybridized carbons (Fsp3) is 0.0526. The smallest absolute Gasteiger partial charge is 0.283 e. The molecule has 0 atom stereocenters. The van der Waals surface area contributed by atoms with E-state index in [-0.39, 0.29) is 0 Å². The number of hydrogen-bond acceptors (Lipinski definition) is 8. The van der Waals surface area contributed by atoms with E-state index in [1.165, 1.54) is 18.1 Å². The average Bonchev–Trinajstić information content (AvgIpc) is 3.39. The van der Waals surface area contributed by atoms with Crippen molar-refractivity contribution in [2.75, 3.05) is 0 Å². The number of hydrogen-bond donors (Lipinski definition) is 0. The first-order chi connectivity index (χ1) is 13.8. The Morgan fingerprint density at radius 1 is 1.25 bits per heavy atom. The number of aliphatic imine (C=N–C) groups is 1. The molecule has 1 aromatic carbocycles. The van der Waals surface area contributed by atoms with Crippen LogP contribution in [0.5, 0.6) is 0 Å². The molecule has 0 amide bonds. The van der Waals surface area contributed by atoms with E-state index < -0.39 is 0 Å². The summed E-state index contributed by atoms with van der Waals surface area (Å²) in [5, 5.41) is 13.5. The van der Waals surface area contributed by atoms with Crippen LogP contribution in [0.3, 0.4) is 0 Å². The first-order valence-corrected chi connectivity index (χ1v) is 9.19. The van der Waals surface area contributed by atoms with Gasteiger partial charge in [-0.3, -0.25) is 4.99 Å². The molecule has 0 aliphatic carbocycles. The maximum Gasteiger partial charge on any atom is 0.283 e. The van der Waals surface area contributed by atoms with Crippen LogP contribution in [0.25, 0.3) is 22.7 Å². The Morgan fingerprint density at radius 2 is 2.11 bits per heavy atom. The van der Waals surface area contributed by atoms with E-state index >= 15 is 0 Å². The molecule has 0 N–H and O–H groups in total. The number of benzene rings is 1. The van der Waals surface area contributed by atoms with Gasteiger partial charge in [-0.15, -0.1) is 10.2 Å². The molecule has 0 saturated heterocycles. The molecule has 0 spiro atoms. The fourth-order valence-electron chi connectivity index (χ4n) is 2.44. The summed E-state index contributed by atoms with van der Waals surface area (Å²) in [5.74, 6) is 0.823. The van der Waals surface area contributed by atoms with Crippen molar-refractivity contribution in [2.45, 2.75) is 17.2 Å². The summed E-state index contributed by atoms with van der Waals surface area (Å²) in [6.45, 7) is 5.46. The molecule has 28 heavy (non-hydrogen) atoms. The minimum Gasteiger partial charge on any atom is -0.409 e. The van der Waals surface area contributed by atoms with Gasteiger partial charge in [-0.05, 0) is 24.8 Å². The van der Waals surface area contributed by atoms with Gasteiger partial charge >= 0.3 is 0 Å². The lowest BCUT2D eigenvalue weighted by Gasteiger charge is -2.05. The molecule has 3 aromatic heterocycles. The normalized spacial score (nSPS) is 12.1. The van der Waals surface area contributed by atoms with Gasteiger partial charge in [0, 0.05) is 11.8 Å². The first kappa shape index (κ1) is 17.8. The second kappa shape index (κ2) is 7.97. The van der Waals surface area contributed by atoms with Gasteiger partial charge in [0.15, 0.2) is 0 Å². The Hall–Kier alpha value is -3.59. The molecular weight excluding hydrogens is 374 g/mol. The van der Waals surface area contributed by atoms with Gasteiger partial charge in [-0.25, -0.2) is 4.98 Å². The summed E-state index contributed by atoms with van der Waals surface area (Å²) in [5.41, 5.74) is 2.34. The van der Waals surface area contributed by atoms with Crippen molar-refractivity contribution in [1.29, 1.82) is 0 Å². The van der Waals surface area contributed by atoms with Crippen LogP contribution in [0, 0.1) is 0 Å². The molecule has 4 aromatic rings. The molecule has 0 unspecified atom stereocenters. The Kier molecular flexibility index (Phi) is 5.07. The Labute approximate surface area is 164 Å². The van der Waals surface area contributed by atoms with Crippen molar-refractivity contribution >= 4 is 29.5 Å². The van der Waals surface area contributed by atoms with Crippen molar-refractivity contribution in [3.05, 3.63) is 67.3 Å². The molecule has 0 aliphatic rings. The highest BCUT2D eigenvalue weighted by atomic mass is 32.2. The third kappa shape index (κ3) is 3.60. The molecule has 0 bridgehead atoms. The number of nitrogens with zero attached hydrogens (tertiary/aromatic N) is 7. The predicted molar refractivity (Wildman–Crippen MR) is 107 cm³/mol. The molecule has 8 nitrogen and oxygen atoms in total. The van der Waals surface area contributed by atoms with Crippen LogP contribution in [0.15, 0.2) is 81.1 Å². The molecule has 138 valence electrons. The zero-order valence-electron chi connectivity index (χ0n) is 14.9. The lowest BCUT2D eigenvalue weighted by Crippen LogP contribution is -1.97. The van der Waals surface area contributed by atoms with Crippen LogP contribution >= 0.6 is 11.8 Å². The van der Waals surface area contributed by atoms with Gasteiger partial charge < -0.3 is 4.42 Å². The van der Waals surface area contributed by atoms with Gasteiger partial charge in [0.05, 0.1) is 5.69 Å². The van der Waals surface area contributed by atoms with Crippen molar-refractivity contribution < 1.29 is 4.42 Å². The van der Waals surface area contributed by atoms with E-state index in [9.17, 15) is 0 Å². The molecular formula is C19H15N7OS. The SMILES string of the molecule is C=CC=N/C(=C\C)c1nnc(Sc2cc(-c3ccccc3)nc3ncnn23)o1. The summed E-state index contributed by atoms with van der Waals surface area (Å²) in [7, 11) is 0. The monoisotopic (exact) mass is 389 g/mol. The van der Waals surface area contributed by atoms with Gasteiger partial charge in [-0.2, -0.15) is 14.6 Å². The third-order valence-corrected chi connectivity index (χ3v) is 4.54. The molecule has 3 heterocycles. The molecule has 0 saturated carbocycles. The summed E-state index contributed by atoms with van der Waals surface area (Å²) >= 11 is 1.28. The number of rotatable bonds is 6. The Morgan fingerprint density at radius 3 is 2.89 bits per heavy atom. The second-order valence-corrected chi connectivity index (χ2v) is 6.45. The van der Waals surface area contributed by atoms with Crippen molar-refractivity contribution in [1.82, 2.24) is 29.8 Å². The summed E-state index contributed by atoms with van der Waals surface area (Å²) in [6.07, 6.45) is 6.40.